The highest BCUT2D eigenvalue weighted by atomic mass is 16.2. The van der Waals surface area contributed by atoms with Gasteiger partial charge in [0.1, 0.15) is 0 Å². The van der Waals surface area contributed by atoms with E-state index >= 15 is 0 Å². The number of rotatable bonds is 8. The highest BCUT2D eigenvalue weighted by molar-refractivity contribution is 6.21. The Morgan fingerprint density at radius 1 is 0.926 bits per heavy atom. The van der Waals surface area contributed by atoms with Crippen LogP contribution in [-0.2, 0) is 6.54 Å². The van der Waals surface area contributed by atoms with E-state index in [0.717, 1.165) is 24.9 Å². The van der Waals surface area contributed by atoms with Crippen molar-refractivity contribution in [3.63, 3.8) is 0 Å². The number of hydrogen-bond donors (Lipinski definition) is 2. The number of imide groups is 1. The summed E-state index contributed by atoms with van der Waals surface area (Å²) in [5.41, 5.74) is 2.74. The van der Waals surface area contributed by atoms with Gasteiger partial charge in [0, 0.05) is 25.7 Å². The largest absolute Gasteiger partial charge is 0.355 e. The quantitative estimate of drug-likeness (QED) is 0.555. The Balaban J connectivity index is 1.37. The molecule has 0 fully saturated rings. The second-order valence-corrected chi connectivity index (χ2v) is 6.47. The van der Waals surface area contributed by atoms with Gasteiger partial charge < -0.3 is 10.6 Å². The number of hydrogen-bond acceptors (Lipinski definition) is 4. The summed E-state index contributed by atoms with van der Waals surface area (Å²) in [5, 5.41) is 5.94. The summed E-state index contributed by atoms with van der Waals surface area (Å²) in [6.07, 6.45) is 1.62. The topological polar surface area (TPSA) is 78.5 Å². The van der Waals surface area contributed by atoms with Crippen LogP contribution in [0.15, 0.2) is 48.5 Å². The van der Waals surface area contributed by atoms with Crippen molar-refractivity contribution in [2.45, 2.75) is 19.4 Å². The van der Waals surface area contributed by atoms with Gasteiger partial charge in [-0.15, -0.1) is 0 Å². The van der Waals surface area contributed by atoms with Crippen LogP contribution < -0.4 is 10.6 Å². The Morgan fingerprint density at radius 3 is 2.15 bits per heavy atom. The molecule has 0 bridgehead atoms. The lowest BCUT2D eigenvalue weighted by atomic mass is 10.1. The Bertz CT molecular complexity index is 811. The Labute approximate surface area is 158 Å². The van der Waals surface area contributed by atoms with Gasteiger partial charge in [-0.1, -0.05) is 24.3 Å². The molecule has 0 aliphatic carbocycles. The first kappa shape index (κ1) is 18.8. The smallest absolute Gasteiger partial charge is 0.261 e. The summed E-state index contributed by atoms with van der Waals surface area (Å²) in [4.78, 5) is 37.4. The molecular weight excluding hydrogens is 342 g/mol. The van der Waals surface area contributed by atoms with Crippen LogP contribution in [0.2, 0.25) is 0 Å². The summed E-state index contributed by atoms with van der Waals surface area (Å²) in [7, 11) is 1.61. The van der Waals surface area contributed by atoms with Gasteiger partial charge in [0.2, 0.25) is 0 Å². The van der Waals surface area contributed by atoms with Crippen molar-refractivity contribution in [1.82, 2.24) is 15.5 Å². The van der Waals surface area contributed by atoms with E-state index in [-0.39, 0.29) is 17.7 Å². The molecule has 0 saturated heterocycles. The number of unbranched alkanes of at least 4 members (excludes halogenated alkanes) is 1. The molecule has 6 heteroatoms. The molecule has 0 aromatic heterocycles. The van der Waals surface area contributed by atoms with E-state index in [1.165, 1.54) is 4.90 Å². The van der Waals surface area contributed by atoms with E-state index in [1.807, 2.05) is 12.1 Å². The lowest BCUT2D eigenvalue weighted by molar-refractivity contribution is 0.0651. The predicted molar refractivity (Wildman–Crippen MR) is 103 cm³/mol. The van der Waals surface area contributed by atoms with Crippen LogP contribution in [0.3, 0.4) is 0 Å². The Hall–Kier alpha value is -2.99. The van der Waals surface area contributed by atoms with Crippen molar-refractivity contribution in [3.8, 4) is 0 Å². The average Bonchev–Trinajstić information content (AvgIpc) is 2.95. The van der Waals surface area contributed by atoms with Gasteiger partial charge in [-0.25, -0.2) is 0 Å². The Morgan fingerprint density at radius 2 is 1.56 bits per heavy atom. The fourth-order valence-corrected chi connectivity index (χ4v) is 3.11. The molecule has 0 unspecified atom stereocenters. The normalized spacial score (nSPS) is 13.0. The Kier molecular flexibility index (Phi) is 5.98. The van der Waals surface area contributed by atoms with Gasteiger partial charge in [-0.05, 0) is 49.2 Å². The van der Waals surface area contributed by atoms with Crippen LogP contribution in [0.1, 0.15) is 49.5 Å². The summed E-state index contributed by atoms with van der Waals surface area (Å²) in [5.74, 6) is -0.484. The number of nitrogens with one attached hydrogen (secondary N) is 2. The van der Waals surface area contributed by atoms with Crippen molar-refractivity contribution in [3.05, 3.63) is 70.8 Å². The summed E-state index contributed by atoms with van der Waals surface area (Å²) >= 11 is 0. The molecule has 1 aliphatic heterocycles. The lowest BCUT2D eigenvalue weighted by Gasteiger charge is -2.13. The van der Waals surface area contributed by atoms with Crippen LogP contribution in [0.25, 0.3) is 0 Å². The molecule has 3 rings (SSSR count). The molecule has 3 amide bonds. The SMILES string of the molecule is CNC(=O)c1ccc(CNCCCCN2C(=O)c3ccccc3C2=O)cc1. The van der Waals surface area contributed by atoms with Crippen molar-refractivity contribution in [2.75, 3.05) is 20.1 Å². The van der Waals surface area contributed by atoms with Crippen LogP contribution in [0.5, 0.6) is 0 Å². The molecule has 0 saturated carbocycles. The zero-order valence-electron chi connectivity index (χ0n) is 15.3. The van der Waals surface area contributed by atoms with Gasteiger partial charge in [0.05, 0.1) is 11.1 Å². The highest BCUT2D eigenvalue weighted by Crippen LogP contribution is 2.22. The van der Waals surface area contributed by atoms with Crippen molar-refractivity contribution < 1.29 is 14.4 Å². The first-order valence-electron chi connectivity index (χ1n) is 9.09. The van der Waals surface area contributed by atoms with Gasteiger partial charge >= 0.3 is 0 Å². The summed E-state index contributed by atoms with van der Waals surface area (Å²) in [6.45, 7) is 1.94. The maximum Gasteiger partial charge on any atom is 0.261 e. The van der Waals surface area contributed by atoms with Crippen LogP contribution in [0.4, 0.5) is 0 Å². The molecule has 6 nitrogen and oxygen atoms in total. The number of fused-ring (bicyclic) bond motifs is 1. The third-order valence-corrected chi connectivity index (χ3v) is 4.64. The predicted octanol–water partition coefficient (Wildman–Crippen LogP) is 2.21. The van der Waals surface area contributed by atoms with Crippen molar-refractivity contribution >= 4 is 17.7 Å². The fourth-order valence-electron chi connectivity index (χ4n) is 3.11. The molecule has 0 radical (unpaired) electrons. The van der Waals surface area contributed by atoms with Crippen LogP contribution >= 0.6 is 0 Å². The molecule has 2 N–H and O–H groups in total. The van der Waals surface area contributed by atoms with E-state index in [2.05, 4.69) is 10.6 Å². The number of benzene rings is 2. The van der Waals surface area contributed by atoms with Crippen LogP contribution in [-0.4, -0.2) is 42.8 Å². The third kappa shape index (κ3) is 4.23. The minimum atomic E-state index is -0.195. The number of amides is 3. The van der Waals surface area contributed by atoms with Crippen molar-refractivity contribution in [1.29, 1.82) is 0 Å². The minimum absolute atomic E-state index is 0.0948. The molecule has 27 heavy (non-hydrogen) atoms. The van der Waals surface area contributed by atoms with E-state index in [4.69, 9.17) is 0 Å². The zero-order chi connectivity index (χ0) is 19.2. The summed E-state index contributed by atoms with van der Waals surface area (Å²) < 4.78 is 0. The van der Waals surface area contributed by atoms with E-state index in [9.17, 15) is 14.4 Å². The molecule has 140 valence electrons. The third-order valence-electron chi connectivity index (χ3n) is 4.64. The van der Waals surface area contributed by atoms with Crippen molar-refractivity contribution in [2.24, 2.45) is 0 Å². The number of carbonyl (C=O) groups excluding carboxylic acids is 3. The molecule has 1 aliphatic rings. The second-order valence-electron chi connectivity index (χ2n) is 6.47. The highest BCUT2D eigenvalue weighted by Gasteiger charge is 2.34. The van der Waals surface area contributed by atoms with Gasteiger partial charge in [0.15, 0.2) is 0 Å². The molecule has 2 aromatic carbocycles. The minimum Gasteiger partial charge on any atom is -0.355 e. The molecule has 2 aromatic rings. The lowest BCUT2D eigenvalue weighted by Crippen LogP contribution is -2.31. The van der Waals surface area contributed by atoms with Crippen LogP contribution in [0, 0.1) is 0 Å². The van der Waals surface area contributed by atoms with E-state index < -0.39 is 0 Å². The monoisotopic (exact) mass is 365 g/mol. The van der Waals surface area contributed by atoms with Gasteiger partial charge in [0.25, 0.3) is 17.7 Å². The first-order chi connectivity index (χ1) is 13.1. The number of carbonyl (C=O) groups is 3. The molecule has 0 spiro atoms. The zero-order valence-corrected chi connectivity index (χ0v) is 15.3. The molecule has 0 atom stereocenters. The van der Waals surface area contributed by atoms with E-state index in [0.29, 0.717) is 29.8 Å². The molecular formula is C21H23N3O3. The standard InChI is InChI=1S/C21H23N3O3/c1-22-19(25)16-10-8-15(9-11-16)14-23-12-4-5-13-24-20(26)17-6-2-3-7-18(17)21(24)27/h2-3,6-11,23H,4-5,12-14H2,1H3,(H,22,25). The maximum atomic E-state index is 12.3. The average molecular weight is 365 g/mol. The maximum absolute atomic E-state index is 12.3. The fraction of sp³-hybridized carbons (Fsp3) is 0.286. The number of nitrogens with zero attached hydrogens (tertiary/aromatic N) is 1. The second kappa shape index (κ2) is 8.60. The summed E-state index contributed by atoms with van der Waals surface area (Å²) in [6, 6.07) is 14.4. The van der Waals surface area contributed by atoms with Gasteiger partial charge in [-0.2, -0.15) is 0 Å². The molecule has 1 heterocycles. The van der Waals surface area contributed by atoms with Gasteiger partial charge in [-0.3, -0.25) is 19.3 Å². The first-order valence-corrected chi connectivity index (χ1v) is 9.09. The van der Waals surface area contributed by atoms with E-state index in [1.54, 1.807) is 43.4 Å².